The second kappa shape index (κ2) is 17.0. The Bertz CT molecular complexity index is 3330. The standard InChI is InChI=1S/C56H40N6O2/c1-4-14-37(15-5-1)53-43-23-25-45(59-43)54(38-16-6-2-7-17-38)47-27-29-49(61-47)56(50-30-28-48(62-50)55(39-18-8-3-9-19-39)46-26-24-44(53)60-46)40-22-31-51(63-35-41-20-10-12-32-57-41)52(34-40)64-36-42-21-11-13-33-58-42/h1-34,59,62H,35-36H2. The van der Waals surface area contributed by atoms with Gasteiger partial charge < -0.3 is 19.4 Å². The highest BCUT2D eigenvalue weighted by Crippen LogP contribution is 2.40. The number of hydrogen-bond donors (Lipinski definition) is 2. The third-order valence-electron chi connectivity index (χ3n) is 11.4. The molecule has 5 aromatic heterocycles. The Labute approximate surface area is 370 Å². The van der Waals surface area contributed by atoms with Crippen LogP contribution < -0.4 is 9.47 Å². The minimum Gasteiger partial charge on any atom is -0.483 e. The molecule has 306 valence electrons. The fourth-order valence-electron chi connectivity index (χ4n) is 8.40. The molecule has 0 saturated carbocycles. The second-order valence-electron chi connectivity index (χ2n) is 15.5. The maximum atomic E-state index is 6.56. The molecular formula is C56H40N6O2. The second-order valence-corrected chi connectivity index (χ2v) is 15.5. The normalized spacial score (nSPS) is 11.8. The van der Waals surface area contributed by atoms with Gasteiger partial charge in [0.15, 0.2) is 11.5 Å². The molecule has 8 nitrogen and oxygen atoms in total. The van der Waals surface area contributed by atoms with E-state index in [1.807, 2.05) is 66.7 Å². The molecule has 0 atom stereocenters. The van der Waals surface area contributed by atoms with Crippen LogP contribution in [0.5, 0.6) is 11.5 Å². The summed E-state index contributed by atoms with van der Waals surface area (Å²) in [7, 11) is 0. The number of nitrogens with one attached hydrogen (secondary N) is 2. The lowest BCUT2D eigenvalue weighted by Crippen LogP contribution is -2.02. The lowest BCUT2D eigenvalue weighted by atomic mass is 10.0. The van der Waals surface area contributed by atoms with Crippen LogP contribution in [0.3, 0.4) is 0 Å². The Hall–Kier alpha value is -8.62. The van der Waals surface area contributed by atoms with Crippen molar-refractivity contribution in [2.45, 2.75) is 13.2 Å². The Kier molecular flexibility index (Phi) is 10.2. The van der Waals surface area contributed by atoms with E-state index in [0.717, 1.165) is 101 Å². The number of fused-ring (bicyclic) bond motifs is 8. The molecule has 8 bridgehead atoms. The van der Waals surface area contributed by atoms with Gasteiger partial charge in [0.25, 0.3) is 0 Å². The van der Waals surface area contributed by atoms with Crippen molar-refractivity contribution < 1.29 is 9.47 Å². The average molecular weight is 829 g/mol. The van der Waals surface area contributed by atoms with Crippen LogP contribution in [-0.2, 0) is 13.2 Å². The topological polar surface area (TPSA) is 102 Å². The number of ether oxygens (including phenoxy) is 2. The van der Waals surface area contributed by atoms with Crippen LogP contribution in [0.4, 0.5) is 0 Å². The zero-order chi connectivity index (χ0) is 42.7. The first-order valence-corrected chi connectivity index (χ1v) is 21.2. The van der Waals surface area contributed by atoms with E-state index < -0.39 is 0 Å². The molecule has 8 heteroatoms. The summed E-state index contributed by atoms with van der Waals surface area (Å²) >= 11 is 0. The van der Waals surface area contributed by atoms with Gasteiger partial charge in [0, 0.05) is 56.7 Å². The van der Waals surface area contributed by atoms with Crippen molar-refractivity contribution in [3.63, 3.8) is 0 Å². The van der Waals surface area contributed by atoms with Crippen molar-refractivity contribution in [1.29, 1.82) is 0 Å². The minimum absolute atomic E-state index is 0.256. The van der Waals surface area contributed by atoms with Crippen LogP contribution in [0.25, 0.3) is 90.9 Å². The highest BCUT2D eigenvalue weighted by atomic mass is 16.5. The number of pyridine rings is 2. The Morgan fingerprint density at radius 1 is 0.344 bits per heavy atom. The zero-order valence-corrected chi connectivity index (χ0v) is 34.6. The molecule has 0 amide bonds. The van der Waals surface area contributed by atoms with Gasteiger partial charge in [-0.1, -0.05) is 109 Å². The monoisotopic (exact) mass is 828 g/mol. The molecule has 0 radical (unpaired) electrons. The summed E-state index contributed by atoms with van der Waals surface area (Å²) in [4.78, 5) is 27.6. The van der Waals surface area contributed by atoms with Gasteiger partial charge in [0.05, 0.1) is 34.2 Å². The Balaban J connectivity index is 1.19. The SMILES string of the molecule is C1=Cc2nc1c(-c1ccccc1)c1ccc([nH]1)c(-c1ccccc1)c1nc(c(-c3ccc(OCc4ccccn4)c(OCc4ccccn4)c3)c3ccc([nH]3)c2-c2ccccc2)C=C1. The molecule has 0 aliphatic carbocycles. The number of H-pyrrole nitrogens is 2. The fourth-order valence-corrected chi connectivity index (χ4v) is 8.40. The Morgan fingerprint density at radius 2 is 0.719 bits per heavy atom. The van der Waals surface area contributed by atoms with E-state index in [-0.39, 0.29) is 13.2 Å². The lowest BCUT2D eigenvalue weighted by Gasteiger charge is -2.15. The maximum absolute atomic E-state index is 6.56. The summed E-state index contributed by atoms with van der Waals surface area (Å²) in [6.45, 7) is 0.537. The van der Waals surface area contributed by atoms with Gasteiger partial charge in [-0.2, -0.15) is 0 Å². The van der Waals surface area contributed by atoms with Crippen LogP contribution in [0.15, 0.2) is 182 Å². The summed E-state index contributed by atoms with van der Waals surface area (Å²) in [6, 6.07) is 57.5. The number of rotatable bonds is 10. The number of benzene rings is 4. The van der Waals surface area contributed by atoms with Crippen molar-refractivity contribution in [2.75, 3.05) is 0 Å². The van der Waals surface area contributed by atoms with Gasteiger partial charge in [-0.25, -0.2) is 9.97 Å². The smallest absolute Gasteiger partial charge is 0.162 e. The summed E-state index contributed by atoms with van der Waals surface area (Å²) in [5.74, 6) is 1.16. The van der Waals surface area contributed by atoms with Crippen molar-refractivity contribution in [2.24, 2.45) is 0 Å². The van der Waals surface area contributed by atoms with Crippen LogP contribution in [0, 0.1) is 0 Å². The molecule has 4 aromatic carbocycles. The van der Waals surface area contributed by atoms with Gasteiger partial charge >= 0.3 is 0 Å². The van der Waals surface area contributed by atoms with E-state index in [1.165, 1.54) is 0 Å². The summed E-state index contributed by atoms with van der Waals surface area (Å²) < 4.78 is 13.0. The summed E-state index contributed by atoms with van der Waals surface area (Å²) in [6.07, 6.45) is 12.0. The van der Waals surface area contributed by atoms with E-state index in [0.29, 0.717) is 11.5 Å². The first-order valence-electron chi connectivity index (χ1n) is 21.2. The van der Waals surface area contributed by atoms with E-state index in [9.17, 15) is 0 Å². The van der Waals surface area contributed by atoms with Gasteiger partial charge in [0.1, 0.15) is 13.2 Å². The van der Waals surface area contributed by atoms with Crippen molar-refractivity contribution >= 4 is 46.4 Å². The maximum Gasteiger partial charge on any atom is 0.162 e. The molecule has 0 spiro atoms. The van der Waals surface area contributed by atoms with Crippen molar-refractivity contribution in [3.05, 3.63) is 216 Å². The van der Waals surface area contributed by atoms with Crippen LogP contribution in [0.2, 0.25) is 0 Å². The van der Waals surface area contributed by atoms with Gasteiger partial charge in [-0.3, -0.25) is 9.97 Å². The quantitative estimate of drug-likeness (QED) is 0.142. The largest absolute Gasteiger partial charge is 0.483 e. The summed E-state index contributed by atoms with van der Waals surface area (Å²) in [5, 5.41) is 0. The van der Waals surface area contributed by atoms with E-state index in [4.69, 9.17) is 19.4 Å². The molecule has 7 heterocycles. The van der Waals surface area contributed by atoms with Crippen LogP contribution in [0.1, 0.15) is 34.2 Å². The van der Waals surface area contributed by atoms with E-state index in [1.54, 1.807) is 12.4 Å². The number of aromatic nitrogens is 6. The van der Waals surface area contributed by atoms with Gasteiger partial charge in [0.2, 0.25) is 0 Å². The molecule has 64 heavy (non-hydrogen) atoms. The molecular weight excluding hydrogens is 789 g/mol. The molecule has 11 rings (SSSR count). The molecule has 0 unspecified atom stereocenters. The molecule has 2 aliphatic heterocycles. The van der Waals surface area contributed by atoms with Crippen molar-refractivity contribution in [3.8, 4) is 56.0 Å². The molecule has 2 aliphatic rings. The number of aromatic amines is 2. The van der Waals surface area contributed by atoms with Crippen LogP contribution in [-0.4, -0.2) is 29.9 Å². The third-order valence-corrected chi connectivity index (χ3v) is 11.4. The minimum atomic E-state index is 0.256. The Morgan fingerprint density at radius 3 is 1.11 bits per heavy atom. The third kappa shape index (κ3) is 7.65. The molecule has 2 N–H and O–H groups in total. The summed E-state index contributed by atoms with van der Waals surface area (Å²) in [5.41, 5.74) is 16.6. The predicted molar refractivity (Wildman–Crippen MR) is 258 cm³/mol. The van der Waals surface area contributed by atoms with Gasteiger partial charge in [-0.05, 0) is 107 Å². The van der Waals surface area contributed by atoms with E-state index >= 15 is 0 Å². The molecule has 0 saturated heterocycles. The fraction of sp³-hybridized carbons (Fsp3) is 0.0357. The van der Waals surface area contributed by atoms with Crippen molar-refractivity contribution in [1.82, 2.24) is 29.9 Å². The lowest BCUT2D eigenvalue weighted by molar-refractivity contribution is 0.252. The first-order chi connectivity index (χ1) is 31.7. The average Bonchev–Trinajstić information content (AvgIpc) is 4.21. The highest BCUT2D eigenvalue weighted by molar-refractivity contribution is 6.00. The first kappa shape index (κ1) is 38.3. The predicted octanol–water partition coefficient (Wildman–Crippen LogP) is 13.3. The van der Waals surface area contributed by atoms with Gasteiger partial charge in [-0.15, -0.1) is 0 Å². The molecule has 0 fully saturated rings. The zero-order valence-electron chi connectivity index (χ0n) is 34.6. The van der Waals surface area contributed by atoms with E-state index in [2.05, 4.69) is 147 Å². The molecule has 9 aromatic rings. The van der Waals surface area contributed by atoms with Crippen LogP contribution >= 0.6 is 0 Å². The number of hydrogen-bond acceptors (Lipinski definition) is 6. The number of nitrogens with zero attached hydrogens (tertiary/aromatic N) is 4. The highest BCUT2D eigenvalue weighted by Gasteiger charge is 2.20.